The second-order valence-electron chi connectivity index (χ2n) is 6.53. The van der Waals surface area contributed by atoms with Gasteiger partial charge in [-0.1, -0.05) is 45.0 Å². The fourth-order valence-corrected chi connectivity index (χ4v) is 2.17. The molecule has 0 aromatic heterocycles. The van der Waals surface area contributed by atoms with Gasteiger partial charge in [0.25, 0.3) is 0 Å². The molecule has 22 heavy (non-hydrogen) atoms. The molecule has 0 bridgehead atoms. The standard InChI is InChI=1S/C18H26O4/c1-5-22-17(21)12-16(20)11-15(19)10-13-6-8-14(9-7-13)18(2,3)4/h6-9,16,20H,5,10-12H2,1-4H3. The Morgan fingerprint density at radius 2 is 1.73 bits per heavy atom. The van der Waals surface area contributed by atoms with Gasteiger partial charge in [0, 0.05) is 12.8 Å². The van der Waals surface area contributed by atoms with E-state index in [0.717, 1.165) is 5.56 Å². The predicted octanol–water partition coefficient (Wildman–Crippen LogP) is 2.80. The highest BCUT2D eigenvalue weighted by atomic mass is 16.5. The van der Waals surface area contributed by atoms with Gasteiger partial charge in [-0.2, -0.15) is 0 Å². The summed E-state index contributed by atoms with van der Waals surface area (Å²) in [7, 11) is 0. The summed E-state index contributed by atoms with van der Waals surface area (Å²) >= 11 is 0. The smallest absolute Gasteiger partial charge is 0.308 e. The molecular weight excluding hydrogens is 280 g/mol. The summed E-state index contributed by atoms with van der Waals surface area (Å²) in [6.07, 6.45) is -0.868. The summed E-state index contributed by atoms with van der Waals surface area (Å²) in [5.41, 5.74) is 2.21. The molecule has 122 valence electrons. The number of esters is 1. The van der Waals surface area contributed by atoms with Gasteiger partial charge in [0.15, 0.2) is 0 Å². The lowest BCUT2D eigenvalue weighted by Crippen LogP contribution is -2.20. The molecule has 1 aromatic carbocycles. The number of aliphatic hydroxyl groups excluding tert-OH is 1. The monoisotopic (exact) mass is 306 g/mol. The molecule has 0 aliphatic heterocycles. The third kappa shape index (κ3) is 6.39. The van der Waals surface area contributed by atoms with E-state index in [-0.39, 0.29) is 37.1 Å². The molecular formula is C18H26O4. The van der Waals surface area contributed by atoms with Crippen molar-refractivity contribution in [3.8, 4) is 0 Å². The molecule has 0 aliphatic rings. The van der Waals surface area contributed by atoms with E-state index in [2.05, 4.69) is 20.8 Å². The Labute approximate surface area is 132 Å². The first-order chi connectivity index (χ1) is 10.2. The van der Waals surface area contributed by atoms with Crippen LogP contribution < -0.4 is 0 Å². The molecule has 0 spiro atoms. The Hall–Kier alpha value is -1.68. The second-order valence-corrected chi connectivity index (χ2v) is 6.53. The highest BCUT2D eigenvalue weighted by Crippen LogP contribution is 2.22. The number of benzene rings is 1. The number of aliphatic hydroxyl groups is 1. The van der Waals surface area contributed by atoms with Crippen LogP contribution in [0.1, 0.15) is 51.7 Å². The summed E-state index contributed by atoms with van der Waals surface area (Å²) in [6.45, 7) is 8.40. The largest absolute Gasteiger partial charge is 0.466 e. The molecule has 0 radical (unpaired) electrons. The molecule has 4 heteroatoms. The van der Waals surface area contributed by atoms with E-state index in [0.29, 0.717) is 0 Å². The van der Waals surface area contributed by atoms with Crippen LogP contribution in [0, 0.1) is 0 Å². The molecule has 0 heterocycles. The van der Waals surface area contributed by atoms with E-state index in [9.17, 15) is 14.7 Å². The number of ketones is 1. The molecule has 1 rings (SSSR count). The van der Waals surface area contributed by atoms with Gasteiger partial charge in [-0.15, -0.1) is 0 Å². The number of hydrogen-bond acceptors (Lipinski definition) is 4. The van der Waals surface area contributed by atoms with Crippen LogP contribution in [0.25, 0.3) is 0 Å². The maximum absolute atomic E-state index is 11.9. The molecule has 0 aliphatic carbocycles. The quantitative estimate of drug-likeness (QED) is 0.787. The first-order valence-electron chi connectivity index (χ1n) is 7.67. The third-order valence-corrected chi connectivity index (χ3v) is 3.39. The summed E-state index contributed by atoms with van der Waals surface area (Å²) in [5.74, 6) is -0.558. The topological polar surface area (TPSA) is 63.6 Å². The van der Waals surface area contributed by atoms with E-state index in [1.807, 2.05) is 24.3 Å². The van der Waals surface area contributed by atoms with E-state index < -0.39 is 12.1 Å². The maximum atomic E-state index is 11.9. The minimum absolute atomic E-state index is 0.0279. The highest BCUT2D eigenvalue weighted by Gasteiger charge is 2.17. The maximum Gasteiger partial charge on any atom is 0.308 e. The Balaban J connectivity index is 2.49. The summed E-state index contributed by atoms with van der Waals surface area (Å²) in [6, 6.07) is 7.93. The van der Waals surface area contributed by atoms with Crippen molar-refractivity contribution < 1.29 is 19.4 Å². The fraction of sp³-hybridized carbons (Fsp3) is 0.556. The normalized spacial score (nSPS) is 12.8. The van der Waals surface area contributed by atoms with Gasteiger partial charge in [-0.25, -0.2) is 0 Å². The SMILES string of the molecule is CCOC(=O)CC(O)CC(=O)Cc1ccc(C(C)(C)C)cc1. The van der Waals surface area contributed by atoms with Gasteiger partial charge in [0.05, 0.1) is 19.1 Å². The molecule has 1 atom stereocenters. The third-order valence-electron chi connectivity index (χ3n) is 3.39. The van der Waals surface area contributed by atoms with Crippen LogP contribution in [0.2, 0.25) is 0 Å². The summed E-state index contributed by atoms with van der Waals surface area (Å²) in [4.78, 5) is 23.2. The van der Waals surface area contributed by atoms with Crippen molar-refractivity contribution in [2.45, 2.75) is 58.5 Å². The van der Waals surface area contributed by atoms with E-state index in [4.69, 9.17) is 4.74 Å². The molecule has 0 fully saturated rings. The van der Waals surface area contributed by atoms with Crippen LogP contribution in [0.3, 0.4) is 0 Å². The highest BCUT2D eigenvalue weighted by molar-refractivity contribution is 5.82. The van der Waals surface area contributed by atoms with Crippen LogP contribution in [0.5, 0.6) is 0 Å². The Kier molecular flexibility index (Phi) is 6.75. The van der Waals surface area contributed by atoms with Gasteiger partial charge >= 0.3 is 5.97 Å². The van der Waals surface area contributed by atoms with Crippen molar-refractivity contribution in [3.05, 3.63) is 35.4 Å². The Bertz CT molecular complexity index is 497. The number of hydrogen-bond donors (Lipinski definition) is 1. The van der Waals surface area contributed by atoms with Crippen LogP contribution in [-0.4, -0.2) is 29.6 Å². The summed E-state index contributed by atoms with van der Waals surface area (Å²) in [5, 5.41) is 9.72. The molecule has 0 saturated carbocycles. The number of carbonyl (C=O) groups is 2. The van der Waals surface area contributed by atoms with Crippen LogP contribution >= 0.6 is 0 Å². The fourth-order valence-electron chi connectivity index (χ4n) is 2.17. The van der Waals surface area contributed by atoms with E-state index in [1.165, 1.54) is 5.56 Å². The summed E-state index contributed by atoms with van der Waals surface area (Å²) < 4.78 is 4.75. The second kappa shape index (κ2) is 8.08. The van der Waals surface area contributed by atoms with Gasteiger partial charge < -0.3 is 9.84 Å². The van der Waals surface area contributed by atoms with E-state index in [1.54, 1.807) is 6.92 Å². The van der Waals surface area contributed by atoms with Crippen LogP contribution in [0.4, 0.5) is 0 Å². The van der Waals surface area contributed by atoms with Gasteiger partial charge in [0.1, 0.15) is 5.78 Å². The zero-order valence-electron chi connectivity index (χ0n) is 13.9. The van der Waals surface area contributed by atoms with Crippen molar-refractivity contribution in [3.63, 3.8) is 0 Å². The lowest BCUT2D eigenvalue weighted by atomic mass is 9.86. The van der Waals surface area contributed by atoms with Crippen molar-refractivity contribution >= 4 is 11.8 Å². The van der Waals surface area contributed by atoms with Crippen LogP contribution in [0.15, 0.2) is 24.3 Å². The van der Waals surface area contributed by atoms with Crippen molar-refractivity contribution in [1.82, 2.24) is 0 Å². The Morgan fingerprint density at radius 1 is 1.14 bits per heavy atom. The zero-order valence-corrected chi connectivity index (χ0v) is 13.9. The zero-order chi connectivity index (χ0) is 16.8. The predicted molar refractivity (Wildman–Crippen MR) is 85.7 cm³/mol. The lowest BCUT2D eigenvalue weighted by Gasteiger charge is -2.19. The minimum atomic E-state index is -0.972. The van der Waals surface area contributed by atoms with Gasteiger partial charge in [-0.3, -0.25) is 9.59 Å². The number of rotatable bonds is 7. The minimum Gasteiger partial charge on any atom is -0.466 e. The average molecular weight is 306 g/mol. The van der Waals surface area contributed by atoms with E-state index >= 15 is 0 Å². The van der Waals surface area contributed by atoms with Crippen molar-refractivity contribution in [1.29, 1.82) is 0 Å². The first kappa shape index (κ1) is 18.4. The average Bonchev–Trinajstić information content (AvgIpc) is 2.37. The first-order valence-corrected chi connectivity index (χ1v) is 7.67. The number of carbonyl (C=O) groups excluding carboxylic acids is 2. The molecule has 1 unspecified atom stereocenters. The molecule has 1 aromatic rings. The van der Waals surface area contributed by atoms with Gasteiger partial charge in [-0.05, 0) is 23.5 Å². The number of Topliss-reactive ketones (excluding diaryl/α,β-unsaturated/α-hetero) is 1. The molecule has 0 amide bonds. The van der Waals surface area contributed by atoms with Gasteiger partial charge in [0.2, 0.25) is 0 Å². The lowest BCUT2D eigenvalue weighted by molar-refractivity contribution is -0.145. The van der Waals surface area contributed by atoms with Crippen molar-refractivity contribution in [2.75, 3.05) is 6.61 Å². The number of ether oxygens (including phenoxy) is 1. The Morgan fingerprint density at radius 3 is 2.23 bits per heavy atom. The molecule has 4 nitrogen and oxygen atoms in total. The molecule has 1 N–H and O–H groups in total. The molecule has 0 saturated heterocycles. The van der Waals surface area contributed by atoms with Crippen LogP contribution in [-0.2, 0) is 26.2 Å². The van der Waals surface area contributed by atoms with Crippen molar-refractivity contribution in [2.24, 2.45) is 0 Å².